The van der Waals surface area contributed by atoms with Gasteiger partial charge >= 0.3 is 0 Å². The van der Waals surface area contributed by atoms with E-state index in [4.69, 9.17) is 0 Å². The predicted molar refractivity (Wildman–Crippen MR) is 110 cm³/mol. The van der Waals surface area contributed by atoms with Gasteiger partial charge in [0.1, 0.15) is 11.5 Å². The highest BCUT2D eigenvalue weighted by molar-refractivity contribution is 5.80. The molecule has 0 atom stereocenters. The van der Waals surface area contributed by atoms with E-state index < -0.39 is 5.95 Å². The van der Waals surface area contributed by atoms with Crippen molar-refractivity contribution in [3.8, 4) is 0 Å². The fourth-order valence-corrected chi connectivity index (χ4v) is 3.38. The third-order valence-corrected chi connectivity index (χ3v) is 4.95. The molecule has 0 spiro atoms. The Labute approximate surface area is 169 Å². The first-order chi connectivity index (χ1) is 14.1. The maximum Gasteiger partial charge on any atom is 0.217 e. The molecule has 1 N–H and O–H groups in total. The van der Waals surface area contributed by atoms with Crippen LogP contribution in [0.3, 0.4) is 0 Å². The van der Waals surface area contributed by atoms with Crippen LogP contribution in [-0.4, -0.2) is 24.9 Å². The van der Waals surface area contributed by atoms with Crippen LogP contribution in [0.1, 0.15) is 53.4 Å². The van der Waals surface area contributed by atoms with Crippen LogP contribution in [-0.2, 0) is 19.3 Å². The van der Waals surface area contributed by atoms with Crippen LogP contribution in [0.2, 0.25) is 0 Å². The number of hydrogen-bond acceptors (Lipinski definition) is 4. The number of pyridine rings is 2. The quantitative estimate of drug-likeness (QED) is 0.473. The summed E-state index contributed by atoms with van der Waals surface area (Å²) in [5.41, 5.74) is 5.20. The Morgan fingerprint density at radius 3 is 2.66 bits per heavy atom. The van der Waals surface area contributed by atoms with Crippen molar-refractivity contribution in [3.05, 3.63) is 82.7 Å². The monoisotopic (exact) mass is 388 g/mol. The van der Waals surface area contributed by atoms with Crippen molar-refractivity contribution < 1.29 is 4.39 Å². The molecular weight excluding hydrogens is 365 g/mol. The smallest absolute Gasteiger partial charge is 0.217 e. The predicted octanol–water partition coefficient (Wildman–Crippen LogP) is 4.52. The van der Waals surface area contributed by atoms with Crippen LogP contribution < -0.4 is 0 Å². The van der Waals surface area contributed by atoms with Gasteiger partial charge in [-0.25, -0.2) is 19.9 Å². The molecule has 4 heterocycles. The molecule has 4 rings (SSSR count). The normalized spacial score (nSPS) is 11.3. The number of hydrogen-bond donors (Lipinski definition) is 1. The first kappa shape index (κ1) is 19.2. The summed E-state index contributed by atoms with van der Waals surface area (Å²) in [6.45, 7) is 4.15. The average molecular weight is 388 g/mol. The van der Waals surface area contributed by atoms with E-state index in [1.165, 1.54) is 0 Å². The zero-order valence-corrected chi connectivity index (χ0v) is 16.7. The van der Waals surface area contributed by atoms with E-state index in [0.717, 1.165) is 58.4 Å². The SMILES string of the molecule is CCCCc1ncc(Cc2[c]nc(F)c(Cc3c[nH]c4ncc(C)cc34)c2)cn1. The molecule has 0 aliphatic heterocycles. The van der Waals surface area contributed by atoms with Gasteiger partial charge in [-0.2, -0.15) is 4.39 Å². The molecule has 1 radical (unpaired) electrons. The summed E-state index contributed by atoms with van der Waals surface area (Å²) in [6, 6.07) is 3.89. The van der Waals surface area contributed by atoms with E-state index in [0.29, 0.717) is 18.4 Å². The molecule has 0 saturated carbocycles. The van der Waals surface area contributed by atoms with Gasteiger partial charge in [0.25, 0.3) is 0 Å². The van der Waals surface area contributed by atoms with E-state index in [2.05, 4.69) is 44.1 Å². The zero-order valence-electron chi connectivity index (χ0n) is 16.7. The number of fused-ring (bicyclic) bond motifs is 1. The number of nitrogens with zero attached hydrogens (tertiary/aromatic N) is 4. The molecule has 0 bridgehead atoms. The van der Waals surface area contributed by atoms with Gasteiger partial charge in [0, 0.05) is 55.0 Å². The van der Waals surface area contributed by atoms with Gasteiger partial charge in [-0.15, -0.1) is 0 Å². The lowest BCUT2D eigenvalue weighted by atomic mass is 10.0. The Morgan fingerprint density at radius 2 is 1.86 bits per heavy atom. The lowest BCUT2D eigenvalue weighted by Crippen LogP contribution is -2.01. The fraction of sp³-hybridized carbons (Fsp3) is 0.304. The number of aromatic amines is 1. The summed E-state index contributed by atoms with van der Waals surface area (Å²) in [7, 11) is 0. The molecule has 29 heavy (non-hydrogen) atoms. The molecule has 5 nitrogen and oxygen atoms in total. The Bertz CT molecular complexity index is 1120. The Hall–Kier alpha value is -3.15. The molecule has 4 aromatic rings. The maximum absolute atomic E-state index is 14.4. The number of unbranched alkanes of at least 4 members (excludes halogenated alkanes) is 1. The number of halogens is 1. The summed E-state index contributed by atoms with van der Waals surface area (Å²) in [4.78, 5) is 20.2. The van der Waals surface area contributed by atoms with E-state index in [-0.39, 0.29) is 0 Å². The maximum atomic E-state index is 14.4. The third-order valence-electron chi connectivity index (χ3n) is 4.95. The molecule has 0 aliphatic carbocycles. The summed E-state index contributed by atoms with van der Waals surface area (Å²) in [5.74, 6) is 0.371. The lowest BCUT2D eigenvalue weighted by molar-refractivity contribution is 0.568. The molecule has 6 heteroatoms. The highest BCUT2D eigenvalue weighted by Crippen LogP contribution is 2.22. The molecule has 0 saturated heterocycles. The molecule has 0 fully saturated rings. The minimum absolute atomic E-state index is 0.443. The van der Waals surface area contributed by atoms with Gasteiger partial charge in [0.15, 0.2) is 0 Å². The minimum atomic E-state index is -0.491. The van der Waals surface area contributed by atoms with Crippen molar-refractivity contribution >= 4 is 11.0 Å². The summed E-state index contributed by atoms with van der Waals surface area (Å²) in [6.07, 6.45) is 14.3. The van der Waals surface area contributed by atoms with E-state index >= 15 is 0 Å². The summed E-state index contributed by atoms with van der Waals surface area (Å²) in [5, 5.41) is 1.01. The second kappa shape index (κ2) is 8.47. The number of aryl methyl sites for hydroxylation is 2. The van der Waals surface area contributed by atoms with Crippen molar-refractivity contribution in [2.75, 3.05) is 0 Å². The summed E-state index contributed by atoms with van der Waals surface area (Å²) >= 11 is 0. The highest BCUT2D eigenvalue weighted by atomic mass is 19.1. The van der Waals surface area contributed by atoms with Crippen molar-refractivity contribution in [2.45, 2.75) is 46.0 Å². The van der Waals surface area contributed by atoms with Crippen LogP contribution in [0.15, 0.2) is 36.9 Å². The second-order valence-electron chi connectivity index (χ2n) is 7.40. The van der Waals surface area contributed by atoms with Crippen molar-refractivity contribution in [1.29, 1.82) is 0 Å². The lowest BCUT2D eigenvalue weighted by Gasteiger charge is -2.06. The number of H-pyrrole nitrogens is 1. The number of nitrogens with one attached hydrogen (secondary N) is 1. The average Bonchev–Trinajstić information content (AvgIpc) is 3.12. The second-order valence-corrected chi connectivity index (χ2v) is 7.40. The van der Waals surface area contributed by atoms with Gasteiger partial charge < -0.3 is 4.98 Å². The van der Waals surface area contributed by atoms with Crippen LogP contribution in [0, 0.1) is 19.1 Å². The van der Waals surface area contributed by atoms with Crippen LogP contribution in [0.4, 0.5) is 4.39 Å². The third kappa shape index (κ3) is 4.47. The van der Waals surface area contributed by atoms with Crippen LogP contribution >= 0.6 is 0 Å². The van der Waals surface area contributed by atoms with Gasteiger partial charge in [-0.1, -0.05) is 13.3 Å². The van der Waals surface area contributed by atoms with E-state index in [9.17, 15) is 4.39 Å². The largest absolute Gasteiger partial charge is 0.346 e. The highest BCUT2D eigenvalue weighted by Gasteiger charge is 2.12. The van der Waals surface area contributed by atoms with Gasteiger partial charge in [-0.05, 0) is 47.7 Å². The molecule has 0 aromatic carbocycles. The first-order valence-electron chi connectivity index (χ1n) is 9.90. The Morgan fingerprint density at radius 1 is 1.03 bits per heavy atom. The van der Waals surface area contributed by atoms with E-state index in [1.807, 2.05) is 37.8 Å². The number of aromatic nitrogens is 5. The molecule has 4 aromatic heterocycles. The summed E-state index contributed by atoms with van der Waals surface area (Å²) < 4.78 is 14.4. The zero-order chi connectivity index (χ0) is 20.2. The molecule has 0 aliphatic rings. The molecule has 0 unspecified atom stereocenters. The van der Waals surface area contributed by atoms with Crippen molar-refractivity contribution in [1.82, 2.24) is 24.9 Å². The van der Waals surface area contributed by atoms with Crippen molar-refractivity contribution in [2.24, 2.45) is 0 Å². The topological polar surface area (TPSA) is 67.3 Å². The van der Waals surface area contributed by atoms with Crippen molar-refractivity contribution in [3.63, 3.8) is 0 Å². The van der Waals surface area contributed by atoms with E-state index in [1.54, 1.807) is 0 Å². The fourth-order valence-electron chi connectivity index (χ4n) is 3.38. The number of rotatable bonds is 7. The van der Waals surface area contributed by atoms with Gasteiger partial charge in [0.2, 0.25) is 5.95 Å². The van der Waals surface area contributed by atoms with Gasteiger partial charge in [-0.3, -0.25) is 0 Å². The molecular formula is C23H23FN5. The Kier molecular flexibility index (Phi) is 5.60. The first-order valence-corrected chi connectivity index (χ1v) is 9.90. The standard InChI is InChI=1S/C23H23FN5/c1-3-4-5-21-25-12-17(13-26-21)7-16-8-18(22(24)27-11-16)9-19-14-29-23-20(19)6-15(2)10-28-23/h6,8,10,12-14H,3-5,7,9H2,1-2H3,(H,28,29). The molecule has 147 valence electrons. The molecule has 0 amide bonds. The van der Waals surface area contributed by atoms with Crippen LogP contribution in [0.25, 0.3) is 11.0 Å². The van der Waals surface area contributed by atoms with Gasteiger partial charge in [0.05, 0.1) is 6.20 Å². The Balaban J connectivity index is 1.53. The van der Waals surface area contributed by atoms with Crippen LogP contribution in [0.5, 0.6) is 0 Å². The minimum Gasteiger partial charge on any atom is -0.346 e.